The Morgan fingerprint density at radius 3 is 1.22 bits per heavy atom. The maximum atomic E-state index is 3.36. The van der Waals surface area contributed by atoms with Crippen LogP contribution in [-0.4, -0.2) is 17.7 Å². The summed E-state index contributed by atoms with van der Waals surface area (Å²) in [4.78, 5) is 0. The molecule has 4 atom stereocenters. The van der Waals surface area contributed by atoms with Gasteiger partial charge in [-0.05, 0) is 0 Å². The van der Waals surface area contributed by atoms with Gasteiger partial charge in [0.15, 0.2) is 0 Å². The first kappa shape index (κ1) is 29.5. The van der Waals surface area contributed by atoms with Crippen molar-refractivity contribution in [1.82, 2.24) is 4.44 Å². The molecule has 2 aliphatic heterocycles. The minimum atomic E-state index is -2.12. The molecule has 2 fully saturated rings. The van der Waals surface area contributed by atoms with Crippen LogP contribution in [0.2, 0.25) is 0 Å². The fourth-order valence-electron chi connectivity index (χ4n) is 8.54. The van der Waals surface area contributed by atoms with E-state index in [4.69, 9.17) is 0 Å². The molecule has 1 nitrogen and oxygen atoms in total. The molecule has 41 heavy (non-hydrogen) atoms. The van der Waals surface area contributed by atoms with Gasteiger partial charge >= 0.3 is 264 Å². The first-order valence-electron chi connectivity index (χ1n) is 15.7. The summed E-state index contributed by atoms with van der Waals surface area (Å²) >= 11 is 3.16. The Morgan fingerprint density at radius 1 is 0.561 bits per heavy atom. The quantitative estimate of drug-likeness (QED) is 0.125. The van der Waals surface area contributed by atoms with E-state index in [-0.39, 0.29) is 0 Å². The number of halogens is 1. The van der Waals surface area contributed by atoms with E-state index in [2.05, 4.69) is 161 Å². The SMILES string of the molecule is CCCCN([PH]1(C)[C@H](c2ccccc2)CC[C@H]1c1ccccc1)[PH]1(I)[C@H](c2ccccc2)CC[C@H]1c1ccccc1. The summed E-state index contributed by atoms with van der Waals surface area (Å²) in [5, 5.41) is -2.12. The number of nitrogens with zero attached hydrogens (tertiary/aromatic N) is 1. The van der Waals surface area contributed by atoms with Crippen LogP contribution in [0.3, 0.4) is 0 Å². The maximum absolute atomic E-state index is 3.36. The summed E-state index contributed by atoms with van der Waals surface area (Å²) in [6, 6.07) is 46.6. The van der Waals surface area contributed by atoms with Crippen LogP contribution >= 0.6 is 34.5 Å². The van der Waals surface area contributed by atoms with Crippen LogP contribution in [-0.2, 0) is 0 Å². The minimum absolute atomic E-state index is 0.643. The molecule has 216 valence electrons. The summed E-state index contributed by atoms with van der Waals surface area (Å²) in [5.41, 5.74) is 8.92. The van der Waals surface area contributed by atoms with Crippen molar-refractivity contribution in [2.24, 2.45) is 0 Å². The first-order chi connectivity index (χ1) is 20.1. The third kappa shape index (κ3) is 5.48. The van der Waals surface area contributed by atoms with Crippen molar-refractivity contribution in [3.63, 3.8) is 0 Å². The monoisotopic (exact) mass is 693 g/mol. The molecule has 2 saturated heterocycles. The fourth-order valence-corrected chi connectivity index (χ4v) is 32.1. The van der Waals surface area contributed by atoms with E-state index in [0.29, 0.717) is 22.6 Å². The molecule has 0 radical (unpaired) electrons. The van der Waals surface area contributed by atoms with Gasteiger partial charge in [-0.3, -0.25) is 0 Å². The second kappa shape index (κ2) is 13.0. The molecule has 4 aromatic rings. The second-order valence-electron chi connectivity index (χ2n) is 12.5. The Bertz CT molecular complexity index is 1180. The van der Waals surface area contributed by atoms with Gasteiger partial charge < -0.3 is 0 Å². The van der Waals surface area contributed by atoms with E-state index in [1.807, 2.05) is 0 Å². The molecule has 0 amide bonds. The van der Waals surface area contributed by atoms with Crippen molar-refractivity contribution >= 4 is 34.5 Å². The van der Waals surface area contributed by atoms with Crippen LogP contribution in [0, 0.1) is 0 Å². The second-order valence-corrected chi connectivity index (χ2v) is 25.9. The van der Waals surface area contributed by atoms with Gasteiger partial charge in [0.05, 0.1) is 0 Å². The van der Waals surface area contributed by atoms with Gasteiger partial charge in [-0.1, -0.05) is 0 Å². The van der Waals surface area contributed by atoms with Crippen molar-refractivity contribution in [1.29, 1.82) is 0 Å². The van der Waals surface area contributed by atoms with Crippen LogP contribution in [0.5, 0.6) is 0 Å². The Labute approximate surface area is 262 Å². The van der Waals surface area contributed by atoms with Crippen LogP contribution < -0.4 is 0 Å². The summed E-state index contributed by atoms with van der Waals surface area (Å²) in [7, 11) is -2.09. The summed E-state index contributed by atoms with van der Waals surface area (Å²) in [5.74, 6) is 0. The van der Waals surface area contributed by atoms with Crippen LogP contribution in [0.15, 0.2) is 121 Å². The molecule has 0 aliphatic carbocycles. The molecule has 4 heteroatoms. The molecule has 0 spiro atoms. The molecule has 4 aromatic carbocycles. The number of rotatable bonds is 9. The Morgan fingerprint density at radius 2 is 0.878 bits per heavy atom. The number of benzene rings is 4. The van der Waals surface area contributed by atoms with Crippen molar-refractivity contribution in [2.75, 3.05) is 13.2 Å². The van der Waals surface area contributed by atoms with Gasteiger partial charge in [0.2, 0.25) is 0 Å². The van der Waals surface area contributed by atoms with Gasteiger partial charge in [-0.2, -0.15) is 0 Å². The standard InChI is InChI=1S/C37H46INP2/c1-3-4-29-39(40(2)34(30-17-9-5-10-18-30)25-26-35(40)31-19-11-6-12-20-31)41(38)36(32-21-13-7-14-22-32)27-28-37(41)33-23-15-8-16-24-33/h5-24,34-37,40-41H,3-4,25-29H2,1-2H3/t34-,35-,36-,37-/m0/s1. The summed E-state index contributed by atoms with van der Waals surface area (Å²) in [6.45, 7) is 6.45. The Hall–Kier alpha value is -1.57. The Kier molecular flexibility index (Phi) is 9.33. The van der Waals surface area contributed by atoms with E-state index in [9.17, 15) is 0 Å². The van der Waals surface area contributed by atoms with E-state index in [0.717, 1.165) is 0 Å². The van der Waals surface area contributed by atoms with Crippen LogP contribution in [0.1, 0.15) is 90.3 Å². The zero-order valence-electron chi connectivity index (χ0n) is 24.6. The summed E-state index contributed by atoms with van der Waals surface area (Å²) < 4.78 is 3.36. The van der Waals surface area contributed by atoms with Gasteiger partial charge in [0.25, 0.3) is 0 Å². The van der Waals surface area contributed by atoms with Crippen LogP contribution in [0.4, 0.5) is 0 Å². The van der Waals surface area contributed by atoms with E-state index in [1.54, 1.807) is 22.3 Å². The van der Waals surface area contributed by atoms with Gasteiger partial charge in [-0.25, -0.2) is 0 Å². The van der Waals surface area contributed by atoms with Gasteiger partial charge in [0, 0.05) is 0 Å². The molecular formula is C37H46INP2. The fraction of sp³-hybridized carbons (Fsp3) is 0.351. The molecule has 2 aliphatic rings. The van der Waals surface area contributed by atoms with Crippen molar-refractivity contribution < 1.29 is 0 Å². The molecule has 0 saturated carbocycles. The molecule has 6 rings (SSSR count). The zero-order valence-corrected chi connectivity index (χ0v) is 28.8. The van der Waals surface area contributed by atoms with E-state index in [1.165, 1.54) is 45.1 Å². The molecule has 0 bridgehead atoms. The Balaban J connectivity index is 1.57. The first-order valence-corrected chi connectivity index (χ1v) is 23.6. The average Bonchev–Trinajstić information content (AvgIpc) is 3.56. The van der Waals surface area contributed by atoms with Crippen molar-refractivity contribution in [3.05, 3.63) is 144 Å². The van der Waals surface area contributed by atoms with E-state index >= 15 is 0 Å². The predicted octanol–water partition coefficient (Wildman–Crippen LogP) is 12.0. The van der Waals surface area contributed by atoms with Gasteiger partial charge in [0.1, 0.15) is 0 Å². The topological polar surface area (TPSA) is 3.24 Å². The van der Waals surface area contributed by atoms with Gasteiger partial charge in [-0.15, -0.1) is 0 Å². The number of hydrogen-bond acceptors (Lipinski definition) is 1. The predicted molar refractivity (Wildman–Crippen MR) is 193 cm³/mol. The molecule has 0 unspecified atom stereocenters. The summed E-state index contributed by atoms with van der Waals surface area (Å²) in [6.07, 6.45) is 7.76. The number of hydrogen-bond donors (Lipinski definition) is 0. The molecular weight excluding hydrogens is 647 g/mol. The van der Waals surface area contributed by atoms with Crippen molar-refractivity contribution in [3.8, 4) is 0 Å². The molecule has 2 heterocycles. The van der Waals surface area contributed by atoms with Crippen LogP contribution in [0.25, 0.3) is 0 Å². The average molecular weight is 694 g/mol. The van der Waals surface area contributed by atoms with Crippen molar-refractivity contribution in [2.45, 2.75) is 68.1 Å². The molecule has 0 aromatic heterocycles. The zero-order chi connectivity index (χ0) is 28.3. The number of unbranched alkanes of at least 4 members (excludes halogenated alkanes) is 1. The third-order valence-corrected chi connectivity index (χ3v) is 30.3. The van der Waals surface area contributed by atoms with E-state index < -0.39 is 12.5 Å². The third-order valence-electron chi connectivity index (χ3n) is 10.4. The molecule has 0 N–H and O–H groups in total. The normalized spacial score (nSPS) is 26.5.